The number of fused-ring (bicyclic) bond motifs is 1. The van der Waals surface area contributed by atoms with Crippen LogP contribution in [0.2, 0.25) is 0 Å². The van der Waals surface area contributed by atoms with E-state index in [1.54, 1.807) is 29.7 Å². The van der Waals surface area contributed by atoms with E-state index in [9.17, 15) is 13.2 Å². The second kappa shape index (κ2) is 15.2. The predicted molar refractivity (Wildman–Crippen MR) is 148 cm³/mol. The van der Waals surface area contributed by atoms with E-state index >= 15 is 0 Å². The molecule has 2 N–H and O–H groups in total. The van der Waals surface area contributed by atoms with Gasteiger partial charge in [-0.3, -0.25) is 15.0 Å². The normalized spacial score (nSPS) is 19.7. The molecule has 1 amide bonds. The first-order chi connectivity index (χ1) is 17.4. The molecule has 1 unspecified atom stereocenters. The number of carbonyl (C=O) groups is 1. The summed E-state index contributed by atoms with van der Waals surface area (Å²) >= 11 is 3.79. The van der Waals surface area contributed by atoms with Gasteiger partial charge < -0.3 is 9.64 Å². The maximum absolute atomic E-state index is 12.7. The molecule has 1 aromatic carbocycles. The van der Waals surface area contributed by atoms with Crippen LogP contribution in [-0.4, -0.2) is 77.8 Å². The summed E-state index contributed by atoms with van der Waals surface area (Å²) in [6, 6.07) is 7.24. The monoisotopic (exact) mass is 557 g/mol. The summed E-state index contributed by atoms with van der Waals surface area (Å²) in [7, 11) is -3.36. The van der Waals surface area contributed by atoms with E-state index in [1.807, 2.05) is 30.4 Å². The second-order valence-electron chi connectivity index (χ2n) is 9.17. The fraction of sp³-hybridized carbons (Fsp3) is 0.680. The number of nitrogens with zero attached hydrogens (tertiary/aromatic N) is 2. The molecule has 11 heteroatoms. The Morgan fingerprint density at radius 3 is 2.67 bits per heavy atom. The van der Waals surface area contributed by atoms with E-state index in [2.05, 4.69) is 4.90 Å². The number of nitrogens with one attached hydrogen (secondary N) is 1. The smallest absolute Gasteiger partial charge is 0.243 e. The highest BCUT2D eigenvalue weighted by Crippen LogP contribution is 2.40. The zero-order valence-electron chi connectivity index (χ0n) is 21.1. The van der Waals surface area contributed by atoms with Gasteiger partial charge in [-0.05, 0) is 76.0 Å². The highest BCUT2D eigenvalue weighted by Gasteiger charge is 2.32. The Balaban J connectivity index is 1.32. The van der Waals surface area contributed by atoms with Crippen LogP contribution in [0.15, 0.2) is 34.2 Å². The first-order valence-electron chi connectivity index (χ1n) is 12.9. The Morgan fingerprint density at radius 2 is 1.94 bits per heavy atom. The van der Waals surface area contributed by atoms with Crippen molar-refractivity contribution in [2.75, 3.05) is 37.7 Å². The number of hydrogen-bond donors (Lipinski definition) is 2. The van der Waals surface area contributed by atoms with Crippen LogP contribution in [0.3, 0.4) is 0 Å². The number of carbonyl (C=O) groups excluding carboxylic acids is 1. The zero-order chi connectivity index (χ0) is 25.8. The first-order valence-corrected chi connectivity index (χ1v) is 16.4. The zero-order valence-corrected chi connectivity index (χ0v) is 23.5. The maximum Gasteiger partial charge on any atom is 0.243 e. The summed E-state index contributed by atoms with van der Waals surface area (Å²) in [4.78, 5) is 18.4. The maximum atomic E-state index is 12.7. The minimum atomic E-state index is -3.36. The molecule has 36 heavy (non-hydrogen) atoms. The lowest BCUT2D eigenvalue weighted by atomic mass is 9.96. The van der Waals surface area contributed by atoms with Gasteiger partial charge in [0.2, 0.25) is 5.91 Å². The van der Waals surface area contributed by atoms with Crippen molar-refractivity contribution >= 4 is 43.6 Å². The molecule has 0 bridgehead atoms. The summed E-state index contributed by atoms with van der Waals surface area (Å²) in [6.45, 7) is 4.70. The van der Waals surface area contributed by atoms with Crippen LogP contribution in [0, 0.1) is 0 Å². The fourth-order valence-electron chi connectivity index (χ4n) is 4.42. The molecule has 0 spiro atoms. The van der Waals surface area contributed by atoms with Crippen molar-refractivity contribution in [3.63, 3.8) is 0 Å². The van der Waals surface area contributed by atoms with Crippen LogP contribution >= 0.6 is 23.5 Å². The standard InChI is InChI=1S/C25H39N3O5S3/c1-2-28(15-5-10-24(29)27-30)16-6-19-36(31,32)21-13-11-20(12-14-21)33-17-7-18-34-25-26-22-8-3-4-9-23(22)35-25/h11-14,22-23,30H,2-10,15-19H2,1H3,(H,27,29)/t22?,23-/m0/s1. The van der Waals surface area contributed by atoms with Gasteiger partial charge in [-0.2, -0.15) is 0 Å². The molecule has 0 saturated heterocycles. The third-order valence-corrected chi connectivity index (χ3v) is 11.0. The van der Waals surface area contributed by atoms with Gasteiger partial charge in [0.05, 0.1) is 23.3 Å². The SMILES string of the molecule is CCN(CCCC(=O)NO)CCCS(=O)(=O)c1ccc(OCCCSC2=NC3CCCC[C@@H]3S2)cc1. The second-order valence-corrected chi connectivity index (χ2v) is 13.8. The van der Waals surface area contributed by atoms with Gasteiger partial charge in [-0.1, -0.05) is 43.3 Å². The van der Waals surface area contributed by atoms with E-state index in [-0.39, 0.29) is 12.2 Å². The number of thioether (sulfide) groups is 2. The Morgan fingerprint density at radius 1 is 1.19 bits per heavy atom. The topological polar surface area (TPSA) is 108 Å². The molecule has 1 saturated carbocycles. The molecule has 0 radical (unpaired) electrons. The number of sulfone groups is 1. The highest BCUT2D eigenvalue weighted by atomic mass is 32.2. The summed E-state index contributed by atoms with van der Waals surface area (Å²) in [5, 5.41) is 9.25. The first kappa shape index (κ1) is 29.3. The van der Waals surface area contributed by atoms with Gasteiger partial charge in [-0.15, -0.1) is 0 Å². The molecule has 1 fully saturated rings. The number of hydrogen-bond acceptors (Lipinski definition) is 9. The molecule has 0 aromatic heterocycles. The number of benzene rings is 1. The quantitative estimate of drug-likeness (QED) is 0.186. The van der Waals surface area contributed by atoms with Crippen molar-refractivity contribution in [3.8, 4) is 5.75 Å². The molecular formula is C25H39N3O5S3. The molecule has 3 rings (SSSR count). The fourth-order valence-corrected chi connectivity index (χ4v) is 8.35. The lowest BCUT2D eigenvalue weighted by Gasteiger charge is -2.21. The van der Waals surface area contributed by atoms with Gasteiger partial charge in [0, 0.05) is 17.4 Å². The van der Waals surface area contributed by atoms with Crippen molar-refractivity contribution < 1.29 is 23.2 Å². The number of hydroxylamine groups is 1. The van der Waals surface area contributed by atoms with E-state index in [4.69, 9.17) is 14.9 Å². The van der Waals surface area contributed by atoms with Crippen molar-refractivity contribution in [3.05, 3.63) is 24.3 Å². The highest BCUT2D eigenvalue weighted by molar-refractivity contribution is 8.39. The van der Waals surface area contributed by atoms with Crippen molar-refractivity contribution in [2.24, 2.45) is 4.99 Å². The van der Waals surface area contributed by atoms with E-state index < -0.39 is 15.7 Å². The van der Waals surface area contributed by atoms with Crippen molar-refractivity contribution in [1.82, 2.24) is 10.4 Å². The number of amides is 1. The molecule has 1 heterocycles. The van der Waals surface area contributed by atoms with E-state index in [0.717, 1.165) is 18.7 Å². The minimum absolute atomic E-state index is 0.0711. The summed E-state index contributed by atoms with van der Waals surface area (Å²) < 4.78 is 32.5. The molecule has 202 valence electrons. The molecule has 8 nitrogen and oxygen atoms in total. The minimum Gasteiger partial charge on any atom is -0.494 e. The van der Waals surface area contributed by atoms with Crippen LogP contribution < -0.4 is 10.2 Å². The average Bonchev–Trinajstić information content (AvgIpc) is 3.30. The molecule has 1 aliphatic carbocycles. The van der Waals surface area contributed by atoms with Crippen LogP contribution in [0.5, 0.6) is 5.75 Å². The lowest BCUT2D eigenvalue weighted by molar-refractivity contribution is -0.129. The third kappa shape index (κ3) is 9.55. The van der Waals surface area contributed by atoms with Crippen LogP contribution in [0.25, 0.3) is 0 Å². The molecular weight excluding hydrogens is 518 g/mol. The Kier molecular flexibility index (Phi) is 12.4. The van der Waals surface area contributed by atoms with Crippen LogP contribution in [0.1, 0.15) is 58.3 Å². The van der Waals surface area contributed by atoms with Gasteiger partial charge in [0.25, 0.3) is 0 Å². The Bertz CT molecular complexity index is 956. The average molecular weight is 558 g/mol. The number of rotatable bonds is 15. The van der Waals surface area contributed by atoms with Crippen LogP contribution in [0.4, 0.5) is 0 Å². The molecule has 2 aliphatic rings. The van der Waals surface area contributed by atoms with E-state index in [1.165, 1.54) is 30.1 Å². The Hall–Kier alpha value is -1.27. The predicted octanol–water partition coefficient (Wildman–Crippen LogP) is 4.37. The van der Waals surface area contributed by atoms with Gasteiger partial charge >= 0.3 is 0 Å². The molecule has 1 aliphatic heterocycles. The summed E-state index contributed by atoms with van der Waals surface area (Å²) in [6.07, 6.45) is 7.46. The number of ether oxygens (including phenoxy) is 1. The van der Waals surface area contributed by atoms with E-state index in [0.29, 0.717) is 54.5 Å². The number of aliphatic imine (C=N–C) groups is 1. The summed E-state index contributed by atoms with van der Waals surface area (Å²) in [5.74, 6) is 1.32. The van der Waals surface area contributed by atoms with Crippen molar-refractivity contribution in [1.29, 1.82) is 0 Å². The van der Waals surface area contributed by atoms with Gasteiger partial charge in [0.1, 0.15) is 10.1 Å². The largest absolute Gasteiger partial charge is 0.494 e. The Labute approximate surface area is 223 Å². The molecule has 2 atom stereocenters. The third-order valence-electron chi connectivity index (χ3n) is 6.49. The van der Waals surface area contributed by atoms with Crippen molar-refractivity contribution in [2.45, 2.75) is 74.5 Å². The van der Waals surface area contributed by atoms with Gasteiger partial charge in [-0.25, -0.2) is 13.9 Å². The van der Waals surface area contributed by atoms with Gasteiger partial charge in [0.15, 0.2) is 9.84 Å². The molecule has 1 aromatic rings. The summed E-state index contributed by atoms with van der Waals surface area (Å²) in [5.41, 5.74) is 1.63. The lowest BCUT2D eigenvalue weighted by Crippen LogP contribution is -2.28. The van der Waals surface area contributed by atoms with Crippen LogP contribution in [-0.2, 0) is 14.6 Å².